The average molecular weight is 409 g/mol. The molecule has 10 atom stereocenters. The molecule has 0 radical (unpaired) electrons. The molecule has 2 fully saturated rings. The van der Waals surface area contributed by atoms with Crippen molar-refractivity contribution in [2.24, 2.45) is 0 Å². The maximum absolute atomic E-state index is 11.5. The van der Waals surface area contributed by atoms with Crippen LogP contribution in [-0.4, -0.2) is 105 Å². The Kier molecular flexibility index (Phi) is 7.70. The van der Waals surface area contributed by atoms with E-state index in [9.17, 15) is 35.1 Å². The number of nitrogens with one attached hydrogen (secondary N) is 1. The van der Waals surface area contributed by atoms with Crippen LogP contribution in [0.2, 0.25) is 0 Å². The van der Waals surface area contributed by atoms with Crippen molar-refractivity contribution < 1.29 is 54.1 Å². The van der Waals surface area contributed by atoms with Crippen LogP contribution in [0.4, 0.5) is 0 Å². The van der Waals surface area contributed by atoms with E-state index < -0.39 is 79.8 Å². The quantitative estimate of drug-likeness (QED) is 0.246. The summed E-state index contributed by atoms with van der Waals surface area (Å²) in [6.07, 6.45) is -12.4. The van der Waals surface area contributed by atoms with Crippen LogP contribution in [0.3, 0.4) is 0 Å². The molecule has 2 rings (SSSR count). The molecule has 0 aromatic rings. The number of carbonyl (C=O) groups is 2. The molecule has 0 aromatic carbocycles. The van der Waals surface area contributed by atoms with E-state index in [2.05, 4.69) is 5.32 Å². The van der Waals surface area contributed by atoms with Gasteiger partial charge in [0.1, 0.15) is 36.6 Å². The average Bonchev–Trinajstić information content (AvgIpc) is 2.61. The number of hydrogen-bond acceptors (Lipinski definition) is 11. The molecule has 0 unspecified atom stereocenters. The molecule has 0 saturated carbocycles. The Labute approximate surface area is 160 Å². The fourth-order valence-electron chi connectivity index (χ4n) is 3.22. The van der Waals surface area contributed by atoms with E-state index in [0.717, 1.165) is 6.92 Å². The summed E-state index contributed by atoms with van der Waals surface area (Å²) in [5.74, 6) is -1.33. The Balaban J connectivity index is 2.29. The zero-order valence-corrected chi connectivity index (χ0v) is 15.7. The molecule has 1 amide bonds. The first-order valence-corrected chi connectivity index (χ1v) is 8.80. The van der Waals surface area contributed by atoms with Crippen molar-refractivity contribution in [1.82, 2.24) is 5.32 Å². The molecule has 6 N–H and O–H groups in total. The summed E-state index contributed by atoms with van der Waals surface area (Å²) >= 11 is 0. The van der Waals surface area contributed by atoms with Crippen molar-refractivity contribution >= 4 is 11.9 Å². The molecule has 2 heterocycles. The third-order valence-corrected chi connectivity index (χ3v) is 4.62. The molecule has 2 saturated heterocycles. The van der Waals surface area contributed by atoms with Crippen molar-refractivity contribution in [3.8, 4) is 0 Å². The molecule has 0 spiro atoms. The van der Waals surface area contributed by atoms with E-state index in [-0.39, 0.29) is 0 Å². The molecule has 12 heteroatoms. The minimum absolute atomic E-state index is 0.555. The van der Waals surface area contributed by atoms with Crippen molar-refractivity contribution in [2.45, 2.75) is 82.1 Å². The van der Waals surface area contributed by atoms with Crippen LogP contribution >= 0.6 is 0 Å². The fourth-order valence-corrected chi connectivity index (χ4v) is 3.22. The van der Waals surface area contributed by atoms with Crippen LogP contribution in [0, 0.1) is 0 Å². The van der Waals surface area contributed by atoms with E-state index in [1.807, 2.05) is 0 Å². The molecule has 0 aromatic heterocycles. The summed E-state index contributed by atoms with van der Waals surface area (Å²) < 4.78 is 21.2. The van der Waals surface area contributed by atoms with Crippen molar-refractivity contribution in [3.63, 3.8) is 0 Å². The smallest absolute Gasteiger partial charge is 0.303 e. The van der Waals surface area contributed by atoms with Gasteiger partial charge in [-0.2, -0.15) is 0 Å². The Morgan fingerprint density at radius 3 is 2.18 bits per heavy atom. The van der Waals surface area contributed by atoms with Gasteiger partial charge in [-0.25, -0.2) is 0 Å². The zero-order valence-electron chi connectivity index (χ0n) is 15.7. The third kappa shape index (κ3) is 4.96. The normalized spacial score (nSPS) is 44.0. The SMILES string of the molecule is CC(=O)N[C@@H]1[C@@H](O[C@@H]2O[C@@H](C)[C@H](O)[C@@H](O)[C@H]2OC(C)=O)[C@H](O)[C@@H](CO)O[C@@H]1O. The van der Waals surface area contributed by atoms with Gasteiger partial charge in [0.25, 0.3) is 0 Å². The maximum atomic E-state index is 11.5. The predicted molar refractivity (Wildman–Crippen MR) is 88.4 cm³/mol. The number of aliphatic hydroxyl groups excluding tert-OH is 5. The van der Waals surface area contributed by atoms with Crippen LogP contribution in [0.5, 0.6) is 0 Å². The highest BCUT2D eigenvalue weighted by Gasteiger charge is 2.51. The highest BCUT2D eigenvalue weighted by molar-refractivity contribution is 5.73. The molecule has 2 aliphatic heterocycles. The number of ether oxygens (including phenoxy) is 4. The molecular formula is C16H27NO11. The second-order valence-electron chi connectivity index (χ2n) is 6.83. The summed E-state index contributed by atoms with van der Waals surface area (Å²) in [6.45, 7) is 3.06. The molecule has 12 nitrogen and oxygen atoms in total. The lowest BCUT2D eigenvalue weighted by Crippen LogP contribution is -2.67. The zero-order chi connectivity index (χ0) is 21.2. The standard InChI is InChI=1S/C16H27NO11/c1-5-10(21)12(23)14(26-7(3)20)16(25-5)28-13-9(17-6(2)19)15(24)27-8(4-18)11(13)22/h5,8-16,18,21-24H,4H2,1-3H3,(H,17,19)/t5-,8+,9+,10-,11+,12+,13+,14+,15-,16-/m0/s1. The van der Waals surface area contributed by atoms with Gasteiger partial charge in [0.05, 0.1) is 12.7 Å². The summed E-state index contributed by atoms with van der Waals surface area (Å²) in [5, 5.41) is 52.6. The first-order valence-electron chi connectivity index (χ1n) is 8.80. The van der Waals surface area contributed by atoms with Crippen LogP contribution in [0.1, 0.15) is 20.8 Å². The molecule has 2 aliphatic rings. The number of carbonyl (C=O) groups excluding carboxylic acids is 2. The maximum Gasteiger partial charge on any atom is 0.303 e. The van der Waals surface area contributed by atoms with E-state index >= 15 is 0 Å². The summed E-state index contributed by atoms with van der Waals surface area (Å²) in [5.41, 5.74) is 0. The van der Waals surface area contributed by atoms with Crippen molar-refractivity contribution in [1.29, 1.82) is 0 Å². The van der Waals surface area contributed by atoms with Crippen molar-refractivity contribution in [2.75, 3.05) is 6.61 Å². The minimum atomic E-state index is -1.63. The highest BCUT2D eigenvalue weighted by Crippen LogP contribution is 2.29. The Hall–Kier alpha value is -1.38. The first kappa shape index (κ1) is 22.9. The van der Waals surface area contributed by atoms with Crippen LogP contribution in [0.15, 0.2) is 0 Å². The van der Waals surface area contributed by atoms with E-state index in [1.54, 1.807) is 0 Å². The molecular weight excluding hydrogens is 382 g/mol. The minimum Gasteiger partial charge on any atom is -0.454 e. The second kappa shape index (κ2) is 9.41. The Bertz CT molecular complexity index is 547. The molecule has 28 heavy (non-hydrogen) atoms. The van der Waals surface area contributed by atoms with Gasteiger partial charge in [0, 0.05) is 13.8 Å². The number of esters is 1. The highest BCUT2D eigenvalue weighted by atomic mass is 16.7. The number of amides is 1. The van der Waals surface area contributed by atoms with Gasteiger partial charge < -0.3 is 49.8 Å². The van der Waals surface area contributed by atoms with Crippen molar-refractivity contribution in [3.05, 3.63) is 0 Å². The largest absolute Gasteiger partial charge is 0.454 e. The number of rotatable bonds is 5. The Morgan fingerprint density at radius 1 is 1.00 bits per heavy atom. The van der Waals surface area contributed by atoms with Crippen LogP contribution in [0.25, 0.3) is 0 Å². The second-order valence-corrected chi connectivity index (χ2v) is 6.83. The fraction of sp³-hybridized carbons (Fsp3) is 0.875. The van der Waals surface area contributed by atoms with Gasteiger partial charge in [-0.15, -0.1) is 0 Å². The van der Waals surface area contributed by atoms with Gasteiger partial charge in [0.15, 0.2) is 18.7 Å². The number of hydrogen-bond donors (Lipinski definition) is 6. The van der Waals surface area contributed by atoms with E-state index in [0.29, 0.717) is 0 Å². The topological polar surface area (TPSA) is 184 Å². The lowest BCUT2D eigenvalue weighted by molar-refractivity contribution is -0.338. The van der Waals surface area contributed by atoms with E-state index in [4.69, 9.17) is 18.9 Å². The number of aliphatic hydroxyl groups is 5. The van der Waals surface area contributed by atoms with Gasteiger partial charge in [0.2, 0.25) is 5.91 Å². The predicted octanol–water partition coefficient (Wildman–Crippen LogP) is -3.65. The van der Waals surface area contributed by atoms with Gasteiger partial charge in [-0.3, -0.25) is 9.59 Å². The van der Waals surface area contributed by atoms with Gasteiger partial charge in [-0.1, -0.05) is 0 Å². The van der Waals surface area contributed by atoms with Crippen LogP contribution < -0.4 is 5.32 Å². The Morgan fingerprint density at radius 2 is 1.64 bits per heavy atom. The summed E-state index contributed by atoms with van der Waals surface area (Å²) in [6, 6.07) is -1.25. The lowest BCUT2D eigenvalue weighted by Gasteiger charge is -2.46. The van der Waals surface area contributed by atoms with Crippen LogP contribution in [-0.2, 0) is 28.5 Å². The van der Waals surface area contributed by atoms with Gasteiger partial charge >= 0.3 is 5.97 Å². The summed E-state index contributed by atoms with van der Waals surface area (Å²) in [7, 11) is 0. The monoisotopic (exact) mass is 409 g/mol. The third-order valence-electron chi connectivity index (χ3n) is 4.62. The summed E-state index contributed by atoms with van der Waals surface area (Å²) in [4.78, 5) is 22.9. The van der Waals surface area contributed by atoms with Gasteiger partial charge in [-0.05, 0) is 6.92 Å². The molecule has 162 valence electrons. The first-order chi connectivity index (χ1) is 13.1. The molecule has 0 aliphatic carbocycles. The lowest BCUT2D eigenvalue weighted by atomic mass is 9.95. The van der Waals surface area contributed by atoms with E-state index in [1.165, 1.54) is 13.8 Å². The molecule has 0 bridgehead atoms.